The van der Waals surface area contributed by atoms with E-state index in [2.05, 4.69) is 15.5 Å². The van der Waals surface area contributed by atoms with Crippen molar-refractivity contribution >= 4 is 12.0 Å². The van der Waals surface area contributed by atoms with Gasteiger partial charge in [0.25, 0.3) is 0 Å². The molecule has 1 fully saturated rings. The van der Waals surface area contributed by atoms with Crippen LogP contribution in [-0.4, -0.2) is 39.2 Å². The SMILES string of the molecule is CC(C)(C)OC(=O)NCc1nc([C@@H]2CC(=O)N(Cc3ccccc3)C2)no1. The predicted octanol–water partition coefficient (Wildman–Crippen LogP) is 2.61. The van der Waals surface area contributed by atoms with Crippen molar-refractivity contribution in [1.29, 1.82) is 0 Å². The lowest BCUT2D eigenvalue weighted by molar-refractivity contribution is -0.128. The van der Waals surface area contributed by atoms with E-state index in [4.69, 9.17) is 9.26 Å². The van der Waals surface area contributed by atoms with Crippen LogP contribution in [0.1, 0.15) is 50.4 Å². The Labute approximate surface area is 157 Å². The number of alkyl carbamates (subject to hydrolysis) is 1. The van der Waals surface area contributed by atoms with E-state index in [1.54, 1.807) is 25.7 Å². The Morgan fingerprint density at radius 3 is 2.78 bits per heavy atom. The summed E-state index contributed by atoms with van der Waals surface area (Å²) in [7, 11) is 0. The topological polar surface area (TPSA) is 97.6 Å². The lowest BCUT2D eigenvalue weighted by Gasteiger charge is -2.19. The normalized spacial score (nSPS) is 17.2. The van der Waals surface area contributed by atoms with E-state index < -0.39 is 11.7 Å². The molecule has 1 aliphatic heterocycles. The molecule has 0 bridgehead atoms. The maximum absolute atomic E-state index is 12.3. The van der Waals surface area contributed by atoms with E-state index in [1.165, 1.54) is 0 Å². The van der Waals surface area contributed by atoms with Gasteiger partial charge in [-0.3, -0.25) is 4.79 Å². The van der Waals surface area contributed by atoms with Crippen LogP contribution in [0.25, 0.3) is 0 Å². The first-order chi connectivity index (χ1) is 12.8. The summed E-state index contributed by atoms with van der Waals surface area (Å²) in [6.45, 7) is 6.56. The molecule has 1 atom stereocenters. The van der Waals surface area contributed by atoms with E-state index >= 15 is 0 Å². The summed E-state index contributed by atoms with van der Waals surface area (Å²) in [6, 6.07) is 9.85. The molecule has 0 aliphatic carbocycles. The molecule has 0 saturated carbocycles. The number of hydrogen-bond donors (Lipinski definition) is 1. The third kappa shape index (κ3) is 5.29. The molecule has 2 aromatic rings. The van der Waals surface area contributed by atoms with Gasteiger partial charge >= 0.3 is 6.09 Å². The van der Waals surface area contributed by atoms with Crippen LogP contribution in [0.3, 0.4) is 0 Å². The number of aromatic nitrogens is 2. The number of amides is 2. The average molecular weight is 372 g/mol. The minimum Gasteiger partial charge on any atom is -0.444 e. The number of ether oxygens (including phenoxy) is 1. The molecule has 2 amide bonds. The molecule has 27 heavy (non-hydrogen) atoms. The number of likely N-dealkylation sites (tertiary alicyclic amines) is 1. The smallest absolute Gasteiger partial charge is 0.408 e. The van der Waals surface area contributed by atoms with Gasteiger partial charge in [0.15, 0.2) is 5.82 Å². The van der Waals surface area contributed by atoms with E-state index in [0.29, 0.717) is 25.3 Å². The average Bonchev–Trinajstić information content (AvgIpc) is 3.20. The van der Waals surface area contributed by atoms with Gasteiger partial charge in [-0.1, -0.05) is 35.5 Å². The van der Waals surface area contributed by atoms with Crippen molar-refractivity contribution < 1.29 is 18.8 Å². The molecule has 1 N–H and O–H groups in total. The Balaban J connectivity index is 1.54. The van der Waals surface area contributed by atoms with Crippen LogP contribution < -0.4 is 5.32 Å². The molecular weight excluding hydrogens is 348 g/mol. The Bertz CT molecular complexity index is 798. The van der Waals surface area contributed by atoms with Gasteiger partial charge in [-0.15, -0.1) is 0 Å². The standard InChI is InChI=1S/C19H24N4O4/c1-19(2,3)26-18(25)20-10-15-21-17(22-27-15)14-9-16(24)23(12-14)11-13-7-5-4-6-8-13/h4-8,14H,9-12H2,1-3H3,(H,20,25)/t14-/m1/s1. The first kappa shape index (κ1) is 18.9. The summed E-state index contributed by atoms with van der Waals surface area (Å²) in [5.41, 5.74) is 0.512. The Kier molecular flexibility index (Phi) is 5.43. The molecule has 2 heterocycles. The maximum atomic E-state index is 12.3. The minimum absolute atomic E-state index is 0.0714. The zero-order valence-corrected chi connectivity index (χ0v) is 15.8. The first-order valence-corrected chi connectivity index (χ1v) is 8.91. The fourth-order valence-electron chi connectivity index (χ4n) is 2.87. The molecular formula is C19H24N4O4. The quantitative estimate of drug-likeness (QED) is 0.866. The highest BCUT2D eigenvalue weighted by molar-refractivity contribution is 5.79. The molecule has 0 spiro atoms. The van der Waals surface area contributed by atoms with Gasteiger partial charge in [0.2, 0.25) is 11.8 Å². The number of benzene rings is 1. The molecule has 1 saturated heterocycles. The molecule has 1 aromatic carbocycles. The second-order valence-corrected chi connectivity index (χ2v) is 7.56. The van der Waals surface area contributed by atoms with E-state index in [1.807, 2.05) is 30.3 Å². The van der Waals surface area contributed by atoms with Crippen molar-refractivity contribution in [2.24, 2.45) is 0 Å². The molecule has 1 aromatic heterocycles. The van der Waals surface area contributed by atoms with E-state index in [-0.39, 0.29) is 24.3 Å². The van der Waals surface area contributed by atoms with Crippen LogP contribution in [-0.2, 0) is 22.6 Å². The van der Waals surface area contributed by atoms with Gasteiger partial charge in [0.05, 0.1) is 0 Å². The fraction of sp³-hybridized carbons (Fsp3) is 0.474. The van der Waals surface area contributed by atoms with Crippen LogP contribution in [0.15, 0.2) is 34.9 Å². The fourth-order valence-corrected chi connectivity index (χ4v) is 2.87. The molecule has 144 valence electrons. The number of carbonyl (C=O) groups is 2. The van der Waals surface area contributed by atoms with Crippen molar-refractivity contribution in [2.45, 2.75) is 51.8 Å². The second kappa shape index (κ2) is 7.77. The highest BCUT2D eigenvalue weighted by Crippen LogP contribution is 2.27. The number of carbonyl (C=O) groups excluding carboxylic acids is 2. The largest absolute Gasteiger partial charge is 0.444 e. The van der Waals surface area contributed by atoms with Gasteiger partial charge in [-0.05, 0) is 26.3 Å². The summed E-state index contributed by atoms with van der Waals surface area (Å²) in [5, 5.41) is 6.54. The van der Waals surface area contributed by atoms with Gasteiger partial charge in [-0.2, -0.15) is 4.98 Å². The van der Waals surface area contributed by atoms with Crippen molar-refractivity contribution in [3.8, 4) is 0 Å². The minimum atomic E-state index is -0.573. The third-order valence-electron chi connectivity index (χ3n) is 4.06. The highest BCUT2D eigenvalue weighted by Gasteiger charge is 2.33. The summed E-state index contributed by atoms with van der Waals surface area (Å²) in [4.78, 5) is 30.1. The highest BCUT2D eigenvalue weighted by atomic mass is 16.6. The third-order valence-corrected chi connectivity index (χ3v) is 4.06. The summed E-state index contributed by atoms with van der Waals surface area (Å²) < 4.78 is 10.3. The first-order valence-electron chi connectivity index (χ1n) is 8.91. The van der Waals surface area contributed by atoms with Crippen LogP contribution in [0, 0.1) is 0 Å². The Morgan fingerprint density at radius 2 is 2.07 bits per heavy atom. The lowest BCUT2D eigenvalue weighted by Crippen LogP contribution is -2.32. The van der Waals surface area contributed by atoms with Crippen molar-refractivity contribution in [3.63, 3.8) is 0 Å². The maximum Gasteiger partial charge on any atom is 0.408 e. The van der Waals surface area contributed by atoms with Crippen LogP contribution in [0.4, 0.5) is 4.79 Å². The van der Waals surface area contributed by atoms with Crippen molar-refractivity contribution in [2.75, 3.05) is 6.54 Å². The van der Waals surface area contributed by atoms with Crippen LogP contribution in [0.5, 0.6) is 0 Å². The summed E-state index contributed by atoms with van der Waals surface area (Å²) >= 11 is 0. The van der Waals surface area contributed by atoms with Gasteiger partial charge in [-0.25, -0.2) is 4.79 Å². The Morgan fingerprint density at radius 1 is 1.33 bits per heavy atom. The number of rotatable bonds is 5. The van der Waals surface area contributed by atoms with E-state index in [0.717, 1.165) is 5.56 Å². The van der Waals surface area contributed by atoms with Crippen molar-refractivity contribution in [1.82, 2.24) is 20.4 Å². The monoisotopic (exact) mass is 372 g/mol. The Hall–Kier alpha value is -2.90. The van der Waals surface area contributed by atoms with E-state index in [9.17, 15) is 9.59 Å². The zero-order valence-electron chi connectivity index (χ0n) is 15.8. The number of nitrogens with zero attached hydrogens (tertiary/aromatic N) is 3. The predicted molar refractivity (Wildman–Crippen MR) is 96.6 cm³/mol. The zero-order chi connectivity index (χ0) is 19.4. The van der Waals surface area contributed by atoms with Crippen LogP contribution >= 0.6 is 0 Å². The van der Waals surface area contributed by atoms with Crippen molar-refractivity contribution in [3.05, 3.63) is 47.6 Å². The molecule has 1 aliphatic rings. The number of hydrogen-bond acceptors (Lipinski definition) is 6. The van der Waals surface area contributed by atoms with Gasteiger partial charge < -0.3 is 19.5 Å². The summed E-state index contributed by atoms with van der Waals surface area (Å²) in [5.74, 6) is 0.729. The van der Waals surface area contributed by atoms with Gasteiger partial charge in [0, 0.05) is 25.4 Å². The van der Waals surface area contributed by atoms with Gasteiger partial charge in [0.1, 0.15) is 12.1 Å². The molecule has 3 rings (SSSR count). The molecule has 8 heteroatoms. The molecule has 0 radical (unpaired) electrons. The molecule has 0 unspecified atom stereocenters. The summed E-state index contributed by atoms with van der Waals surface area (Å²) in [6.07, 6.45) is -0.196. The molecule has 8 nitrogen and oxygen atoms in total. The van der Waals surface area contributed by atoms with Crippen LogP contribution in [0.2, 0.25) is 0 Å². The second-order valence-electron chi connectivity index (χ2n) is 7.56. The lowest BCUT2D eigenvalue weighted by atomic mass is 10.1. The number of nitrogens with one attached hydrogen (secondary N) is 1.